The van der Waals surface area contributed by atoms with Gasteiger partial charge in [-0.15, -0.1) is 0 Å². The van der Waals surface area contributed by atoms with Gasteiger partial charge in [0.05, 0.1) is 0 Å². The zero-order valence-electron chi connectivity index (χ0n) is 10.00. The molecule has 2 saturated heterocycles. The summed E-state index contributed by atoms with van der Waals surface area (Å²) in [5, 5.41) is 0. The minimum atomic E-state index is 0.900. The Kier molecular flexibility index (Phi) is 3.16. The molecular formula is C13H25N. The molecule has 0 N–H and O–H groups in total. The van der Waals surface area contributed by atoms with Crippen molar-refractivity contribution < 1.29 is 0 Å². The predicted molar refractivity (Wildman–Crippen MR) is 61.4 cm³/mol. The minimum absolute atomic E-state index is 0.900. The van der Waals surface area contributed by atoms with E-state index in [0.717, 1.165) is 23.9 Å². The minimum Gasteiger partial charge on any atom is -0.298 e. The third-order valence-electron chi connectivity index (χ3n) is 4.47. The van der Waals surface area contributed by atoms with Crippen molar-refractivity contribution in [3.05, 3.63) is 0 Å². The number of fused-ring (bicyclic) bond motifs is 2. The van der Waals surface area contributed by atoms with E-state index in [0.29, 0.717) is 0 Å². The molecule has 0 saturated carbocycles. The maximum atomic E-state index is 2.78. The van der Waals surface area contributed by atoms with Gasteiger partial charge in [-0.3, -0.25) is 4.90 Å². The van der Waals surface area contributed by atoms with Gasteiger partial charge in [-0.2, -0.15) is 0 Å². The Balaban J connectivity index is 2.04. The van der Waals surface area contributed by atoms with Crippen LogP contribution in [0.3, 0.4) is 0 Å². The average Bonchev–Trinajstić information content (AvgIpc) is 2.15. The molecule has 0 amide bonds. The average molecular weight is 195 g/mol. The second-order valence-corrected chi connectivity index (χ2v) is 5.54. The fraction of sp³-hybridized carbons (Fsp3) is 1.00. The number of hydrogen-bond acceptors (Lipinski definition) is 1. The molecule has 0 aromatic carbocycles. The lowest BCUT2D eigenvalue weighted by molar-refractivity contribution is 0.00633. The van der Waals surface area contributed by atoms with Crippen molar-refractivity contribution >= 4 is 0 Å². The van der Waals surface area contributed by atoms with Crippen LogP contribution in [0.15, 0.2) is 0 Å². The lowest BCUT2D eigenvalue weighted by atomic mass is 9.74. The highest BCUT2D eigenvalue weighted by atomic mass is 15.2. The number of hydrogen-bond donors (Lipinski definition) is 0. The van der Waals surface area contributed by atoms with Crippen LogP contribution in [0.25, 0.3) is 0 Å². The Hall–Kier alpha value is -0.0400. The molecule has 1 heteroatoms. The first-order valence-corrected chi connectivity index (χ1v) is 6.48. The van der Waals surface area contributed by atoms with Gasteiger partial charge in [0.15, 0.2) is 0 Å². The summed E-state index contributed by atoms with van der Waals surface area (Å²) in [5.74, 6) is 1.91. The standard InChI is InChI=1S/C13H25N/c1-4-14-12-6-5-7-13(14)9-11(8-12)10(2)3/h10-13H,4-9H2,1-3H3/t11?,12-,13+. The molecule has 2 aliphatic rings. The van der Waals surface area contributed by atoms with Gasteiger partial charge < -0.3 is 0 Å². The Bertz CT molecular complexity index is 174. The monoisotopic (exact) mass is 195 g/mol. The predicted octanol–water partition coefficient (Wildman–Crippen LogP) is 3.30. The van der Waals surface area contributed by atoms with E-state index < -0.39 is 0 Å². The fourth-order valence-electron chi connectivity index (χ4n) is 3.58. The Morgan fingerprint density at radius 2 is 1.71 bits per heavy atom. The fourth-order valence-corrected chi connectivity index (χ4v) is 3.58. The molecule has 3 atom stereocenters. The van der Waals surface area contributed by atoms with E-state index in [1.807, 2.05) is 0 Å². The second kappa shape index (κ2) is 4.22. The van der Waals surface area contributed by atoms with Crippen molar-refractivity contribution in [2.45, 2.75) is 65.0 Å². The molecule has 14 heavy (non-hydrogen) atoms. The van der Waals surface area contributed by atoms with Crippen molar-refractivity contribution in [2.24, 2.45) is 11.8 Å². The zero-order valence-corrected chi connectivity index (χ0v) is 10.00. The first-order valence-electron chi connectivity index (χ1n) is 6.48. The van der Waals surface area contributed by atoms with Gasteiger partial charge >= 0.3 is 0 Å². The number of rotatable bonds is 2. The molecule has 0 spiro atoms. The molecule has 2 rings (SSSR count). The van der Waals surface area contributed by atoms with Crippen molar-refractivity contribution in [1.29, 1.82) is 0 Å². The van der Waals surface area contributed by atoms with Crippen molar-refractivity contribution in [3.63, 3.8) is 0 Å². The third-order valence-corrected chi connectivity index (χ3v) is 4.47. The van der Waals surface area contributed by atoms with Crippen LogP contribution in [-0.4, -0.2) is 23.5 Å². The van der Waals surface area contributed by atoms with E-state index in [1.54, 1.807) is 0 Å². The van der Waals surface area contributed by atoms with Crippen molar-refractivity contribution in [1.82, 2.24) is 4.90 Å². The Labute approximate surface area is 88.9 Å². The van der Waals surface area contributed by atoms with E-state index in [9.17, 15) is 0 Å². The molecule has 82 valence electrons. The van der Waals surface area contributed by atoms with Crippen LogP contribution < -0.4 is 0 Å². The summed E-state index contributed by atoms with van der Waals surface area (Å²) in [6, 6.07) is 1.86. The molecular weight excluding hydrogens is 170 g/mol. The van der Waals surface area contributed by atoms with Crippen LogP contribution in [-0.2, 0) is 0 Å². The van der Waals surface area contributed by atoms with Crippen molar-refractivity contribution in [2.75, 3.05) is 6.54 Å². The van der Waals surface area contributed by atoms with Crippen LogP contribution in [0.5, 0.6) is 0 Å². The molecule has 1 unspecified atom stereocenters. The third kappa shape index (κ3) is 1.84. The largest absolute Gasteiger partial charge is 0.298 e. The van der Waals surface area contributed by atoms with Gasteiger partial charge in [0.2, 0.25) is 0 Å². The summed E-state index contributed by atoms with van der Waals surface area (Å²) >= 11 is 0. The smallest absolute Gasteiger partial charge is 0.0101 e. The van der Waals surface area contributed by atoms with Crippen LogP contribution in [0, 0.1) is 11.8 Å². The normalized spacial score (nSPS) is 39.0. The lowest BCUT2D eigenvalue weighted by Crippen LogP contribution is -2.52. The molecule has 2 aliphatic heterocycles. The van der Waals surface area contributed by atoms with Gasteiger partial charge in [-0.1, -0.05) is 27.2 Å². The van der Waals surface area contributed by atoms with Crippen LogP contribution >= 0.6 is 0 Å². The second-order valence-electron chi connectivity index (χ2n) is 5.54. The molecule has 0 aromatic rings. The van der Waals surface area contributed by atoms with E-state index >= 15 is 0 Å². The van der Waals surface area contributed by atoms with Gasteiger partial charge in [0.25, 0.3) is 0 Å². The highest BCUT2D eigenvalue weighted by Gasteiger charge is 2.37. The van der Waals surface area contributed by atoms with E-state index in [1.165, 1.54) is 38.6 Å². The highest BCUT2D eigenvalue weighted by Crippen LogP contribution is 2.39. The molecule has 2 fully saturated rings. The quantitative estimate of drug-likeness (QED) is 0.653. The maximum absolute atomic E-state index is 2.78. The number of nitrogens with zero attached hydrogens (tertiary/aromatic N) is 1. The highest BCUT2D eigenvalue weighted by molar-refractivity contribution is 4.92. The molecule has 0 radical (unpaired) electrons. The van der Waals surface area contributed by atoms with Crippen LogP contribution in [0.4, 0.5) is 0 Å². The zero-order chi connectivity index (χ0) is 10.1. The van der Waals surface area contributed by atoms with Crippen LogP contribution in [0.1, 0.15) is 52.9 Å². The lowest BCUT2D eigenvalue weighted by Gasteiger charge is -2.49. The van der Waals surface area contributed by atoms with Gasteiger partial charge in [0.1, 0.15) is 0 Å². The summed E-state index contributed by atoms with van der Waals surface area (Å²) in [6.45, 7) is 8.42. The van der Waals surface area contributed by atoms with E-state index in [4.69, 9.17) is 0 Å². The molecule has 2 heterocycles. The Morgan fingerprint density at radius 3 is 2.14 bits per heavy atom. The van der Waals surface area contributed by atoms with E-state index in [-0.39, 0.29) is 0 Å². The summed E-state index contributed by atoms with van der Waals surface area (Å²) in [5.41, 5.74) is 0. The summed E-state index contributed by atoms with van der Waals surface area (Å²) in [4.78, 5) is 2.78. The first kappa shape index (κ1) is 10.5. The van der Waals surface area contributed by atoms with Gasteiger partial charge in [-0.25, -0.2) is 0 Å². The Morgan fingerprint density at radius 1 is 1.14 bits per heavy atom. The summed E-state index contributed by atoms with van der Waals surface area (Å²) < 4.78 is 0. The molecule has 0 aromatic heterocycles. The SMILES string of the molecule is CCN1[C@@H]2CCC[C@H]1CC(C(C)C)C2. The first-order chi connectivity index (χ1) is 6.72. The van der Waals surface area contributed by atoms with E-state index in [2.05, 4.69) is 25.7 Å². The summed E-state index contributed by atoms with van der Waals surface area (Å²) in [6.07, 6.45) is 7.36. The van der Waals surface area contributed by atoms with Crippen molar-refractivity contribution in [3.8, 4) is 0 Å². The van der Waals surface area contributed by atoms with Crippen LogP contribution in [0.2, 0.25) is 0 Å². The van der Waals surface area contributed by atoms with Gasteiger partial charge in [-0.05, 0) is 44.1 Å². The molecule has 0 aliphatic carbocycles. The summed E-state index contributed by atoms with van der Waals surface area (Å²) in [7, 11) is 0. The van der Waals surface area contributed by atoms with Gasteiger partial charge in [0, 0.05) is 12.1 Å². The number of piperidine rings is 2. The maximum Gasteiger partial charge on any atom is 0.0101 e. The topological polar surface area (TPSA) is 3.24 Å². The molecule has 2 bridgehead atoms. The molecule has 1 nitrogen and oxygen atoms in total.